The summed E-state index contributed by atoms with van der Waals surface area (Å²) < 4.78 is 68.5. The molecule has 0 saturated carbocycles. The van der Waals surface area contributed by atoms with Crippen LogP contribution in [0.15, 0.2) is 0 Å². The third-order valence-corrected chi connectivity index (χ3v) is 20.7. The third kappa shape index (κ3) is 71.1. The molecule has 0 amide bonds. The molecule has 0 bridgehead atoms. The number of rotatable bonds is 78. The van der Waals surface area contributed by atoms with Crippen LogP contribution in [0.2, 0.25) is 0 Å². The quantitative estimate of drug-likeness (QED) is 0.0222. The maximum atomic E-state index is 13.1. The van der Waals surface area contributed by atoms with Crippen LogP contribution in [0.1, 0.15) is 414 Å². The molecule has 19 heteroatoms. The van der Waals surface area contributed by atoms with Crippen LogP contribution in [-0.2, 0) is 65.4 Å². The number of hydrogen-bond acceptors (Lipinski definition) is 15. The number of aliphatic hydroxyl groups is 1. The average Bonchev–Trinajstić information content (AvgIpc) is 1.17. The highest BCUT2D eigenvalue weighted by Crippen LogP contribution is 2.45. The van der Waals surface area contributed by atoms with Gasteiger partial charge in [0.15, 0.2) is 12.2 Å². The Morgan fingerprint density at radius 3 is 0.776 bits per heavy atom. The molecule has 0 saturated heterocycles. The zero-order valence-corrected chi connectivity index (χ0v) is 65.9. The number of phosphoric acid groups is 2. The minimum atomic E-state index is -4.96. The SMILES string of the molecule is CCCCCCCCCCCCCCCCCCCCCCC(=O)O[C@H](COC(=O)CCCCCCCCCCCCCCCCC(C)CC)COP(=O)(O)OC[C@@H](O)COP(=O)(O)OC[C@@H](COC(=O)CCCCCCCCCC)OC(=O)CCCCCCCCCCCC(C)C. The average molecular weight is 1440 g/mol. The molecule has 6 atom stereocenters. The maximum absolute atomic E-state index is 13.1. The summed E-state index contributed by atoms with van der Waals surface area (Å²) in [6.07, 6.45) is 59.8. The molecule has 582 valence electrons. The second-order valence-electron chi connectivity index (χ2n) is 29.2. The van der Waals surface area contributed by atoms with Crippen LogP contribution in [0, 0.1) is 11.8 Å². The van der Waals surface area contributed by atoms with Gasteiger partial charge in [-0.3, -0.25) is 37.3 Å². The Kier molecular flexibility index (Phi) is 69.3. The van der Waals surface area contributed by atoms with Gasteiger partial charge in [-0.15, -0.1) is 0 Å². The Morgan fingerprint density at radius 1 is 0.296 bits per heavy atom. The van der Waals surface area contributed by atoms with E-state index in [9.17, 15) is 43.2 Å². The number of aliphatic hydroxyl groups excluding tert-OH is 1. The van der Waals surface area contributed by atoms with Crippen molar-refractivity contribution >= 4 is 39.5 Å². The Morgan fingerprint density at radius 2 is 0.520 bits per heavy atom. The Bertz CT molecular complexity index is 1890. The first-order valence-electron chi connectivity index (χ1n) is 41.0. The van der Waals surface area contributed by atoms with Gasteiger partial charge in [0.05, 0.1) is 26.4 Å². The molecule has 0 aromatic heterocycles. The van der Waals surface area contributed by atoms with Gasteiger partial charge in [-0.2, -0.15) is 0 Å². The van der Waals surface area contributed by atoms with Gasteiger partial charge in [0.25, 0.3) is 0 Å². The van der Waals surface area contributed by atoms with Crippen LogP contribution in [0.3, 0.4) is 0 Å². The van der Waals surface area contributed by atoms with Crippen molar-refractivity contribution in [2.45, 2.75) is 432 Å². The van der Waals surface area contributed by atoms with Crippen molar-refractivity contribution in [2.24, 2.45) is 11.8 Å². The van der Waals surface area contributed by atoms with Gasteiger partial charge in [0.1, 0.15) is 19.3 Å². The molecular weight excluding hydrogens is 1280 g/mol. The minimum Gasteiger partial charge on any atom is -0.462 e. The van der Waals surface area contributed by atoms with Crippen LogP contribution >= 0.6 is 15.6 Å². The molecule has 0 aliphatic carbocycles. The minimum absolute atomic E-state index is 0.105. The van der Waals surface area contributed by atoms with Gasteiger partial charge in [-0.1, -0.05) is 363 Å². The molecule has 3 unspecified atom stereocenters. The molecule has 0 radical (unpaired) electrons. The number of unbranched alkanes of at least 4 members (excludes halogenated alkanes) is 47. The number of hydrogen-bond donors (Lipinski definition) is 3. The fraction of sp³-hybridized carbons (Fsp3) is 0.949. The van der Waals surface area contributed by atoms with Crippen molar-refractivity contribution in [3.63, 3.8) is 0 Å². The number of esters is 4. The lowest BCUT2D eigenvalue weighted by Crippen LogP contribution is -2.30. The lowest BCUT2D eigenvalue weighted by atomic mass is 9.99. The van der Waals surface area contributed by atoms with Gasteiger partial charge in [0, 0.05) is 25.7 Å². The lowest BCUT2D eigenvalue weighted by molar-refractivity contribution is -0.161. The van der Waals surface area contributed by atoms with Gasteiger partial charge < -0.3 is 33.8 Å². The number of carbonyl (C=O) groups excluding carboxylic acids is 4. The van der Waals surface area contributed by atoms with Crippen molar-refractivity contribution in [1.29, 1.82) is 0 Å². The first-order valence-corrected chi connectivity index (χ1v) is 44.0. The summed E-state index contributed by atoms with van der Waals surface area (Å²) in [6.45, 7) is 9.62. The summed E-state index contributed by atoms with van der Waals surface area (Å²) in [5, 5.41) is 10.6. The second kappa shape index (κ2) is 70.7. The van der Waals surface area contributed by atoms with E-state index in [2.05, 4.69) is 41.5 Å². The van der Waals surface area contributed by atoms with E-state index in [1.165, 1.54) is 225 Å². The summed E-state index contributed by atoms with van der Waals surface area (Å²) in [6, 6.07) is 0. The van der Waals surface area contributed by atoms with Crippen molar-refractivity contribution in [3.8, 4) is 0 Å². The zero-order valence-electron chi connectivity index (χ0n) is 64.1. The van der Waals surface area contributed by atoms with Crippen LogP contribution < -0.4 is 0 Å². The van der Waals surface area contributed by atoms with E-state index in [1.54, 1.807) is 0 Å². The van der Waals surface area contributed by atoms with Crippen molar-refractivity contribution in [1.82, 2.24) is 0 Å². The normalized spacial score (nSPS) is 14.2. The highest BCUT2D eigenvalue weighted by Gasteiger charge is 2.30. The molecule has 0 fully saturated rings. The molecule has 3 N–H and O–H groups in total. The number of carbonyl (C=O) groups is 4. The molecule has 0 rings (SSSR count). The Balaban J connectivity index is 5.19. The van der Waals surface area contributed by atoms with E-state index in [4.69, 9.17) is 37.0 Å². The predicted octanol–water partition coefficient (Wildman–Crippen LogP) is 23.5. The van der Waals surface area contributed by atoms with E-state index in [1.807, 2.05) is 0 Å². The monoisotopic (exact) mass is 1440 g/mol. The van der Waals surface area contributed by atoms with Crippen LogP contribution in [0.25, 0.3) is 0 Å². The Labute approximate surface area is 600 Å². The summed E-state index contributed by atoms with van der Waals surface area (Å²) >= 11 is 0. The molecule has 0 aliphatic rings. The highest BCUT2D eigenvalue weighted by molar-refractivity contribution is 7.47. The standard InChI is InChI=1S/C79H154O17P2/c1-7-10-12-14-16-18-19-20-21-22-23-24-25-26-31-34-39-45-51-57-63-78(83)95-75(68-90-77(82)62-56-50-44-38-33-30-28-27-29-32-37-42-48-54-60-72(6)9-3)70-94-98(87,88)92-66-73(80)65-91-97(85,86)93-69-74(67-89-76(81)61-55-49-43-17-15-13-11-8-2)96-79(84)64-58-52-46-40-35-36-41-47-53-59-71(4)5/h71-75,80H,7-70H2,1-6H3,(H,85,86)(H,87,88)/t72?,73-,74+,75+/m0/s1. The molecular formula is C79H154O17P2. The van der Waals surface area contributed by atoms with Gasteiger partial charge >= 0.3 is 39.5 Å². The molecule has 0 aliphatic heterocycles. The lowest BCUT2D eigenvalue weighted by Gasteiger charge is -2.21. The zero-order chi connectivity index (χ0) is 72.1. The van der Waals surface area contributed by atoms with Crippen LogP contribution in [-0.4, -0.2) is 96.7 Å². The second-order valence-corrected chi connectivity index (χ2v) is 32.1. The highest BCUT2D eigenvalue weighted by atomic mass is 31.2. The summed E-state index contributed by atoms with van der Waals surface area (Å²) in [5.41, 5.74) is 0. The van der Waals surface area contributed by atoms with Gasteiger partial charge in [-0.25, -0.2) is 9.13 Å². The molecule has 0 aromatic carbocycles. The van der Waals surface area contributed by atoms with E-state index in [0.29, 0.717) is 25.7 Å². The largest absolute Gasteiger partial charge is 0.472 e. The number of ether oxygens (including phenoxy) is 4. The third-order valence-electron chi connectivity index (χ3n) is 18.8. The van der Waals surface area contributed by atoms with E-state index >= 15 is 0 Å². The van der Waals surface area contributed by atoms with Crippen molar-refractivity contribution in [3.05, 3.63) is 0 Å². The van der Waals surface area contributed by atoms with Gasteiger partial charge in [-0.05, 0) is 37.5 Å². The van der Waals surface area contributed by atoms with E-state index < -0.39 is 97.5 Å². The van der Waals surface area contributed by atoms with Crippen LogP contribution in [0.4, 0.5) is 0 Å². The van der Waals surface area contributed by atoms with Crippen LogP contribution in [0.5, 0.6) is 0 Å². The first-order chi connectivity index (χ1) is 47.4. The molecule has 0 heterocycles. The molecule has 0 aromatic rings. The maximum Gasteiger partial charge on any atom is 0.472 e. The van der Waals surface area contributed by atoms with E-state index in [0.717, 1.165) is 108 Å². The smallest absolute Gasteiger partial charge is 0.462 e. The summed E-state index contributed by atoms with van der Waals surface area (Å²) in [7, 11) is -9.91. The summed E-state index contributed by atoms with van der Waals surface area (Å²) in [5.74, 6) is -0.529. The first kappa shape index (κ1) is 96.1. The Hall–Kier alpha value is -1.94. The summed E-state index contributed by atoms with van der Waals surface area (Å²) in [4.78, 5) is 72.8. The van der Waals surface area contributed by atoms with Crippen molar-refractivity contribution < 1.29 is 80.2 Å². The fourth-order valence-electron chi connectivity index (χ4n) is 12.2. The van der Waals surface area contributed by atoms with Crippen molar-refractivity contribution in [2.75, 3.05) is 39.6 Å². The number of phosphoric ester groups is 2. The molecule has 98 heavy (non-hydrogen) atoms. The van der Waals surface area contributed by atoms with E-state index in [-0.39, 0.29) is 25.7 Å². The molecule has 17 nitrogen and oxygen atoms in total. The van der Waals surface area contributed by atoms with Gasteiger partial charge in [0.2, 0.25) is 0 Å². The topological polar surface area (TPSA) is 237 Å². The fourth-order valence-corrected chi connectivity index (χ4v) is 13.7. The molecule has 0 spiro atoms. The predicted molar refractivity (Wildman–Crippen MR) is 400 cm³/mol.